The minimum absolute atomic E-state index is 0.0408. The van der Waals surface area contributed by atoms with Gasteiger partial charge in [0, 0.05) is 11.8 Å². The minimum Gasteiger partial charge on any atom is -0.465 e. The number of carbonyl (C=O) groups is 1. The Morgan fingerprint density at radius 3 is 1.56 bits per heavy atom. The van der Waals surface area contributed by atoms with Crippen molar-refractivity contribution in [2.45, 2.75) is 117 Å². The summed E-state index contributed by atoms with van der Waals surface area (Å²) in [5, 5.41) is 9.12. The molecule has 0 saturated heterocycles. The van der Waals surface area contributed by atoms with Crippen LogP contribution in [0, 0.1) is 5.41 Å². The van der Waals surface area contributed by atoms with Gasteiger partial charge in [-0.05, 0) is 6.42 Å². The molecule has 0 fully saturated rings. The molecule has 0 heterocycles. The molecule has 0 bridgehead atoms. The topological polar surface area (TPSA) is 46.5 Å². The second-order valence-corrected chi connectivity index (χ2v) is 8.33. The average molecular weight is 357 g/mol. The van der Waals surface area contributed by atoms with E-state index in [1.54, 1.807) is 0 Å². The van der Waals surface area contributed by atoms with Crippen molar-refractivity contribution in [3.63, 3.8) is 0 Å². The second-order valence-electron chi connectivity index (χ2n) is 8.33. The van der Waals surface area contributed by atoms with E-state index in [1.807, 2.05) is 13.8 Å². The molecule has 3 heteroatoms. The van der Waals surface area contributed by atoms with E-state index in [-0.39, 0.29) is 18.0 Å². The van der Waals surface area contributed by atoms with Crippen molar-refractivity contribution in [1.82, 2.24) is 0 Å². The molecule has 0 aliphatic rings. The molecule has 0 amide bonds. The van der Waals surface area contributed by atoms with Crippen molar-refractivity contribution in [1.29, 1.82) is 0 Å². The van der Waals surface area contributed by atoms with Gasteiger partial charge >= 0.3 is 5.97 Å². The third-order valence-corrected chi connectivity index (χ3v) is 4.79. The molecule has 0 aromatic carbocycles. The first-order valence-electron chi connectivity index (χ1n) is 10.8. The molecular formula is C22H44O3. The molecule has 0 rings (SSSR count). The molecule has 0 spiro atoms. The lowest BCUT2D eigenvalue weighted by Crippen LogP contribution is -2.25. The third kappa shape index (κ3) is 18.0. The summed E-state index contributed by atoms with van der Waals surface area (Å²) in [4.78, 5) is 11.6. The number of carbonyl (C=O) groups excluding carboxylic acids is 1. The average Bonchev–Trinajstić information content (AvgIpc) is 2.60. The van der Waals surface area contributed by atoms with Crippen LogP contribution in [0.25, 0.3) is 0 Å². The summed E-state index contributed by atoms with van der Waals surface area (Å²) >= 11 is 0. The smallest absolute Gasteiger partial charge is 0.305 e. The van der Waals surface area contributed by atoms with E-state index in [4.69, 9.17) is 9.84 Å². The third-order valence-electron chi connectivity index (χ3n) is 4.79. The molecule has 3 nitrogen and oxygen atoms in total. The van der Waals surface area contributed by atoms with Crippen LogP contribution in [0.2, 0.25) is 0 Å². The van der Waals surface area contributed by atoms with Gasteiger partial charge < -0.3 is 9.84 Å². The van der Waals surface area contributed by atoms with E-state index in [0.29, 0.717) is 13.0 Å². The normalized spacial score (nSPS) is 11.7. The summed E-state index contributed by atoms with van der Waals surface area (Å²) in [7, 11) is 0. The molecule has 0 radical (unpaired) electrons. The van der Waals surface area contributed by atoms with E-state index in [9.17, 15) is 4.79 Å². The molecule has 0 aromatic heterocycles. The van der Waals surface area contributed by atoms with E-state index in [2.05, 4.69) is 6.92 Å². The van der Waals surface area contributed by atoms with Crippen molar-refractivity contribution in [2.24, 2.45) is 5.41 Å². The fourth-order valence-corrected chi connectivity index (χ4v) is 2.86. The predicted molar refractivity (Wildman–Crippen MR) is 107 cm³/mol. The molecule has 0 aromatic rings. The monoisotopic (exact) mass is 356 g/mol. The van der Waals surface area contributed by atoms with Crippen LogP contribution < -0.4 is 0 Å². The summed E-state index contributed by atoms with van der Waals surface area (Å²) in [6.45, 7) is 6.41. The summed E-state index contributed by atoms with van der Waals surface area (Å²) in [5.41, 5.74) is -0.328. The Hall–Kier alpha value is -0.570. The van der Waals surface area contributed by atoms with Gasteiger partial charge in [0.2, 0.25) is 0 Å². The molecule has 0 saturated carbocycles. The summed E-state index contributed by atoms with van der Waals surface area (Å²) in [6, 6.07) is 0. The summed E-state index contributed by atoms with van der Waals surface area (Å²) in [5.74, 6) is -0.125. The zero-order chi connectivity index (χ0) is 18.8. The van der Waals surface area contributed by atoms with E-state index < -0.39 is 0 Å². The SMILES string of the molecule is CCCCCCCCCCCCCCCCC(=O)OCC(C)(C)CO. The van der Waals surface area contributed by atoms with Gasteiger partial charge in [-0.25, -0.2) is 0 Å². The first-order valence-corrected chi connectivity index (χ1v) is 10.8. The molecular weight excluding hydrogens is 312 g/mol. The Labute approximate surface area is 156 Å². The Balaban J connectivity index is 3.22. The van der Waals surface area contributed by atoms with Crippen molar-refractivity contribution in [3.8, 4) is 0 Å². The van der Waals surface area contributed by atoms with Gasteiger partial charge in [0.05, 0.1) is 13.2 Å². The second kappa shape index (κ2) is 16.9. The van der Waals surface area contributed by atoms with Gasteiger partial charge in [-0.3, -0.25) is 4.79 Å². The van der Waals surface area contributed by atoms with Crippen LogP contribution >= 0.6 is 0 Å². The van der Waals surface area contributed by atoms with E-state index in [0.717, 1.165) is 12.8 Å². The Morgan fingerprint density at radius 2 is 1.16 bits per heavy atom. The van der Waals surface area contributed by atoms with Gasteiger partial charge in [-0.15, -0.1) is 0 Å². The van der Waals surface area contributed by atoms with Gasteiger partial charge in [0.1, 0.15) is 0 Å². The van der Waals surface area contributed by atoms with E-state index in [1.165, 1.54) is 77.0 Å². The van der Waals surface area contributed by atoms with Crippen LogP contribution in [0.5, 0.6) is 0 Å². The lowest BCUT2D eigenvalue weighted by Gasteiger charge is -2.20. The van der Waals surface area contributed by atoms with Crippen molar-refractivity contribution >= 4 is 5.97 Å². The predicted octanol–water partition coefficient (Wildman–Crippen LogP) is 6.42. The fraction of sp³-hybridized carbons (Fsp3) is 0.955. The van der Waals surface area contributed by atoms with E-state index >= 15 is 0 Å². The number of hydrogen-bond acceptors (Lipinski definition) is 3. The molecule has 0 unspecified atom stereocenters. The summed E-state index contributed by atoms with van der Waals surface area (Å²) < 4.78 is 5.21. The largest absolute Gasteiger partial charge is 0.465 e. The van der Waals surface area contributed by atoms with Crippen LogP contribution in [0.1, 0.15) is 117 Å². The van der Waals surface area contributed by atoms with Crippen LogP contribution in [-0.2, 0) is 9.53 Å². The highest BCUT2D eigenvalue weighted by Gasteiger charge is 2.18. The molecule has 1 N–H and O–H groups in total. The van der Waals surface area contributed by atoms with Crippen molar-refractivity contribution in [3.05, 3.63) is 0 Å². The number of esters is 1. The zero-order valence-electron chi connectivity index (χ0n) is 17.3. The van der Waals surface area contributed by atoms with Crippen LogP contribution in [-0.4, -0.2) is 24.3 Å². The van der Waals surface area contributed by atoms with Gasteiger partial charge in [0.25, 0.3) is 0 Å². The Kier molecular flexibility index (Phi) is 16.5. The molecule has 0 aliphatic heterocycles. The number of hydrogen-bond donors (Lipinski definition) is 1. The number of rotatable bonds is 18. The summed E-state index contributed by atoms with van der Waals surface area (Å²) in [6.07, 6.45) is 19.0. The molecule has 25 heavy (non-hydrogen) atoms. The van der Waals surface area contributed by atoms with Crippen molar-refractivity contribution < 1.29 is 14.6 Å². The van der Waals surface area contributed by atoms with Crippen molar-refractivity contribution in [2.75, 3.05) is 13.2 Å². The molecule has 150 valence electrons. The highest BCUT2D eigenvalue weighted by atomic mass is 16.5. The molecule has 0 atom stereocenters. The lowest BCUT2D eigenvalue weighted by atomic mass is 9.96. The molecule has 0 aliphatic carbocycles. The first kappa shape index (κ1) is 24.4. The Morgan fingerprint density at radius 1 is 0.760 bits per heavy atom. The maximum atomic E-state index is 11.6. The van der Waals surface area contributed by atoms with Gasteiger partial charge in [0.15, 0.2) is 0 Å². The highest BCUT2D eigenvalue weighted by molar-refractivity contribution is 5.69. The Bertz CT molecular complexity index is 300. The quantitative estimate of drug-likeness (QED) is 0.228. The first-order chi connectivity index (χ1) is 12.0. The number of unbranched alkanes of at least 4 members (excludes halogenated alkanes) is 13. The highest BCUT2D eigenvalue weighted by Crippen LogP contribution is 2.15. The zero-order valence-corrected chi connectivity index (χ0v) is 17.3. The lowest BCUT2D eigenvalue weighted by molar-refractivity contribution is -0.147. The van der Waals surface area contributed by atoms with Crippen LogP contribution in [0.15, 0.2) is 0 Å². The van der Waals surface area contributed by atoms with Crippen LogP contribution in [0.4, 0.5) is 0 Å². The number of aliphatic hydroxyl groups excluding tert-OH is 1. The minimum atomic E-state index is -0.328. The van der Waals surface area contributed by atoms with Crippen LogP contribution in [0.3, 0.4) is 0 Å². The standard InChI is InChI=1S/C22H44O3/c1-4-5-6-7-8-9-10-11-12-13-14-15-16-17-18-21(24)25-20-22(2,3)19-23/h23H,4-20H2,1-3H3. The number of aliphatic hydroxyl groups is 1. The fourth-order valence-electron chi connectivity index (χ4n) is 2.86. The van der Waals surface area contributed by atoms with Gasteiger partial charge in [-0.1, -0.05) is 104 Å². The van der Waals surface area contributed by atoms with Gasteiger partial charge in [-0.2, -0.15) is 0 Å². The maximum Gasteiger partial charge on any atom is 0.305 e. The maximum absolute atomic E-state index is 11.6. The number of ether oxygens (including phenoxy) is 1.